The predicted octanol–water partition coefficient (Wildman–Crippen LogP) is -0.102. The van der Waals surface area contributed by atoms with Gasteiger partial charge in [-0.25, -0.2) is 0 Å². The summed E-state index contributed by atoms with van der Waals surface area (Å²) in [5.74, 6) is 0. The third-order valence-electron chi connectivity index (χ3n) is 0.566. The minimum atomic E-state index is 0. The fourth-order valence-electron chi connectivity index (χ4n) is 0.313. The molecule has 0 N–H and O–H groups in total. The van der Waals surface area contributed by atoms with Crippen LogP contribution in [-0.2, 0) is 0 Å². The van der Waals surface area contributed by atoms with Gasteiger partial charge in [-0.3, -0.25) is 4.98 Å². The van der Waals surface area contributed by atoms with Gasteiger partial charge in [0.2, 0.25) is 0 Å². The molecule has 0 bridgehead atoms. The summed E-state index contributed by atoms with van der Waals surface area (Å²) < 4.78 is 0. The molecule has 1 aromatic rings. The van der Waals surface area contributed by atoms with Crippen molar-refractivity contribution >= 4 is 25.8 Å². The van der Waals surface area contributed by atoms with Crippen LogP contribution in [0.25, 0.3) is 0 Å². The molecule has 0 amide bonds. The molecule has 0 aromatic carbocycles. The van der Waals surface area contributed by atoms with Gasteiger partial charge in [-0.05, 0) is 12.1 Å². The van der Waals surface area contributed by atoms with Crippen LogP contribution in [0.2, 0.25) is 0 Å². The van der Waals surface area contributed by atoms with Crippen molar-refractivity contribution in [2.24, 2.45) is 0 Å². The van der Waals surface area contributed by atoms with Crippen LogP contribution in [0.5, 0.6) is 0 Å². The van der Waals surface area contributed by atoms with Gasteiger partial charge in [0.25, 0.3) is 0 Å². The van der Waals surface area contributed by atoms with Crippen molar-refractivity contribution in [3.05, 3.63) is 30.6 Å². The molecule has 1 nitrogen and oxygen atoms in total. The summed E-state index contributed by atoms with van der Waals surface area (Å²) in [6.07, 6.45) is 3.50. The Labute approximate surface area is 61.6 Å². The molecule has 0 saturated carbocycles. The largest absolute Gasteiger partial charge is 0.265 e. The molecule has 1 heterocycles. The third-order valence-corrected chi connectivity index (χ3v) is 0.566. The summed E-state index contributed by atoms with van der Waals surface area (Å²) in [4.78, 5) is 3.78. The van der Waals surface area contributed by atoms with E-state index in [1.165, 1.54) is 0 Å². The topological polar surface area (TPSA) is 12.9 Å². The number of nitrogens with zero attached hydrogens (tertiary/aromatic N) is 1. The van der Waals surface area contributed by atoms with Gasteiger partial charge in [0.1, 0.15) is 0 Å². The maximum Gasteiger partial charge on any atom is 0.0267 e. The van der Waals surface area contributed by atoms with Crippen molar-refractivity contribution in [2.45, 2.75) is 0 Å². The van der Waals surface area contributed by atoms with Crippen molar-refractivity contribution in [2.75, 3.05) is 0 Å². The SMILES string of the molecule is [InH3].c1ccncc1. The smallest absolute Gasteiger partial charge is 0.0267 e. The number of pyridine rings is 1. The summed E-state index contributed by atoms with van der Waals surface area (Å²) in [6.45, 7) is 0. The van der Waals surface area contributed by atoms with Crippen LogP contribution in [0.1, 0.15) is 0 Å². The molecule has 0 aliphatic heterocycles. The van der Waals surface area contributed by atoms with Crippen LogP contribution in [0, 0.1) is 0 Å². The van der Waals surface area contributed by atoms with Gasteiger partial charge in [-0.1, -0.05) is 6.07 Å². The quantitative estimate of drug-likeness (QED) is 0.565. The van der Waals surface area contributed by atoms with Crippen LogP contribution in [0.3, 0.4) is 0 Å². The van der Waals surface area contributed by atoms with E-state index < -0.39 is 0 Å². The molecule has 36 valence electrons. The predicted molar refractivity (Wildman–Crippen MR) is 34.2 cm³/mol. The summed E-state index contributed by atoms with van der Waals surface area (Å²) in [7, 11) is 0. The Kier molecular flexibility index (Phi) is 4.20. The molecule has 0 unspecified atom stereocenters. The molecule has 0 radical (unpaired) electrons. The Morgan fingerprint density at radius 1 is 0.857 bits per heavy atom. The zero-order chi connectivity index (χ0) is 4.24. The van der Waals surface area contributed by atoms with Crippen LogP contribution in [0.4, 0.5) is 0 Å². The molecule has 0 spiro atoms. The van der Waals surface area contributed by atoms with Crippen molar-refractivity contribution < 1.29 is 0 Å². The average molecular weight is 197 g/mol. The van der Waals surface area contributed by atoms with Crippen LogP contribution >= 0.6 is 0 Å². The molecule has 2 heteroatoms. The Balaban J connectivity index is 0.000000360. The summed E-state index contributed by atoms with van der Waals surface area (Å²) in [6, 6.07) is 5.72. The van der Waals surface area contributed by atoms with Crippen molar-refractivity contribution in [1.29, 1.82) is 0 Å². The van der Waals surface area contributed by atoms with E-state index in [1.54, 1.807) is 12.4 Å². The van der Waals surface area contributed by atoms with E-state index in [-0.39, 0.29) is 25.8 Å². The average Bonchev–Trinajstić information content (AvgIpc) is 1.72. The first-order valence-electron chi connectivity index (χ1n) is 1.85. The second-order valence-corrected chi connectivity index (χ2v) is 1.02. The number of hydrogen-bond donors (Lipinski definition) is 0. The normalized spacial score (nSPS) is 6.86. The molecule has 1 rings (SSSR count). The molecular formula is C5H8InN. The van der Waals surface area contributed by atoms with Gasteiger partial charge in [-0.2, -0.15) is 0 Å². The monoisotopic (exact) mass is 197 g/mol. The van der Waals surface area contributed by atoms with Crippen molar-refractivity contribution in [1.82, 2.24) is 4.98 Å². The fraction of sp³-hybridized carbons (Fsp3) is 0. The second kappa shape index (κ2) is 4.19. The van der Waals surface area contributed by atoms with E-state index >= 15 is 0 Å². The molecular weight excluding hydrogens is 189 g/mol. The van der Waals surface area contributed by atoms with Gasteiger partial charge in [0, 0.05) is 12.4 Å². The third kappa shape index (κ3) is 2.68. The zero-order valence-corrected chi connectivity index (χ0v) is 3.33. The first kappa shape index (κ1) is 7.02. The molecule has 7 heavy (non-hydrogen) atoms. The van der Waals surface area contributed by atoms with Crippen LogP contribution < -0.4 is 0 Å². The van der Waals surface area contributed by atoms with E-state index in [0.29, 0.717) is 0 Å². The summed E-state index contributed by atoms with van der Waals surface area (Å²) in [5, 5.41) is 0. The minimum Gasteiger partial charge on any atom is -0.265 e. The molecule has 0 fully saturated rings. The Hall–Kier alpha value is 0.0201. The maximum atomic E-state index is 3.78. The van der Waals surface area contributed by atoms with E-state index in [9.17, 15) is 0 Å². The zero-order valence-electron chi connectivity index (χ0n) is 3.33. The second-order valence-electron chi connectivity index (χ2n) is 1.02. The molecule has 1 aromatic heterocycles. The molecule has 0 aliphatic rings. The Morgan fingerprint density at radius 3 is 1.57 bits per heavy atom. The van der Waals surface area contributed by atoms with Gasteiger partial charge >= 0.3 is 25.8 Å². The molecule has 0 saturated heterocycles. The molecule has 0 atom stereocenters. The van der Waals surface area contributed by atoms with Gasteiger partial charge in [0.05, 0.1) is 0 Å². The Bertz CT molecular complexity index is 80.0. The number of aromatic nitrogens is 1. The Morgan fingerprint density at radius 2 is 1.43 bits per heavy atom. The van der Waals surface area contributed by atoms with Gasteiger partial charge in [0.15, 0.2) is 0 Å². The van der Waals surface area contributed by atoms with E-state index in [1.807, 2.05) is 18.2 Å². The van der Waals surface area contributed by atoms with Crippen molar-refractivity contribution in [3.8, 4) is 0 Å². The minimum absolute atomic E-state index is 0. The van der Waals surface area contributed by atoms with Gasteiger partial charge < -0.3 is 0 Å². The summed E-state index contributed by atoms with van der Waals surface area (Å²) >= 11 is 0. The summed E-state index contributed by atoms with van der Waals surface area (Å²) in [5.41, 5.74) is 0. The number of hydrogen-bond acceptors (Lipinski definition) is 1. The maximum absolute atomic E-state index is 3.78. The van der Waals surface area contributed by atoms with Gasteiger partial charge in [-0.15, -0.1) is 0 Å². The first-order chi connectivity index (χ1) is 3.00. The molecule has 0 aliphatic carbocycles. The van der Waals surface area contributed by atoms with Crippen LogP contribution in [0.15, 0.2) is 30.6 Å². The van der Waals surface area contributed by atoms with E-state index in [4.69, 9.17) is 0 Å². The standard InChI is InChI=1S/C5H5N.In.3H/c1-2-4-6-5-3-1;;;;/h1-5H;;;;. The van der Waals surface area contributed by atoms with E-state index in [2.05, 4.69) is 4.98 Å². The number of rotatable bonds is 0. The van der Waals surface area contributed by atoms with Crippen molar-refractivity contribution in [3.63, 3.8) is 0 Å². The first-order valence-corrected chi connectivity index (χ1v) is 1.85. The van der Waals surface area contributed by atoms with E-state index in [0.717, 1.165) is 0 Å². The van der Waals surface area contributed by atoms with Crippen LogP contribution in [-0.4, -0.2) is 30.8 Å². The fourth-order valence-corrected chi connectivity index (χ4v) is 0.313.